The van der Waals surface area contributed by atoms with Crippen molar-refractivity contribution in [2.45, 2.75) is 12.5 Å². The van der Waals surface area contributed by atoms with E-state index in [-0.39, 0.29) is 0 Å². The lowest BCUT2D eigenvalue weighted by molar-refractivity contribution is -0.143. The second kappa shape index (κ2) is 8.91. The Balaban J connectivity index is 1.65. The van der Waals surface area contributed by atoms with Crippen molar-refractivity contribution < 1.29 is 28.6 Å². The maximum absolute atomic E-state index is 12.1. The van der Waals surface area contributed by atoms with Crippen molar-refractivity contribution in [3.63, 3.8) is 0 Å². The topological polar surface area (TPSA) is 149 Å². The summed E-state index contributed by atoms with van der Waals surface area (Å²) in [7, 11) is 0. The molecule has 0 aliphatic heterocycles. The molecular formula is C21H18N2O7. The molecule has 0 saturated carbocycles. The average molecular weight is 410 g/mol. The third-order valence-electron chi connectivity index (χ3n) is 4.22. The molecular weight excluding hydrogens is 392 g/mol. The fourth-order valence-electron chi connectivity index (χ4n) is 2.78. The maximum atomic E-state index is 12.1. The van der Waals surface area contributed by atoms with Crippen LogP contribution in [0.1, 0.15) is 6.42 Å². The van der Waals surface area contributed by atoms with Gasteiger partial charge in [-0.3, -0.25) is 9.59 Å². The molecule has 0 aliphatic rings. The largest absolute Gasteiger partial charge is 0.484 e. The van der Waals surface area contributed by atoms with Gasteiger partial charge in [-0.05, 0) is 41.8 Å². The van der Waals surface area contributed by atoms with Crippen molar-refractivity contribution in [1.82, 2.24) is 5.32 Å². The number of hydrogen-bond donors (Lipinski definition) is 3. The number of carboxylic acid groups (broad SMARTS) is 1. The molecule has 0 fully saturated rings. The highest BCUT2D eigenvalue weighted by Crippen LogP contribution is 2.24. The SMILES string of the molecule is NC(=O)C[C@H](NC(=O)COc1ccc(-c2cc3ccccc3c(=O)o2)cc1)C(=O)O. The molecule has 0 unspecified atom stereocenters. The first-order chi connectivity index (χ1) is 14.3. The summed E-state index contributed by atoms with van der Waals surface area (Å²) < 4.78 is 10.7. The Morgan fingerprint density at radius 1 is 1.10 bits per heavy atom. The quantitative estimate of drug-likeness (QED) is 0.506. The van der Waals surface area contributed by atoms with Gasteiger partial charge in [0.15, 0.2) is 6.61 Å². The molecule has 0 aliphatic carbocycles. The van der Waals surface area contributed by atoms with Crippen LogP contribution in [0.5, 0.6) is 5.75 Å². The summed E-state index contributed by atoms with van der Waals surface area (Å²) in [4.78, 5) is 45.9. The van der Waals surface area contributed by atoms with Gasteiger partial charge in [0.2, 0.25) is 5.91 Å². The molecule has 3 rings (SSSR count). The Bertz CT molecular complexity index is 1150. The molecule has 9 nitrogen and oxygen atoms in total. The number of carbonyl (C=O) groups is 3. The summed E-state index contributed by atoms with van der Waals surface area (Å²) in [5.74, 6) is -2.20. The fraction of sp³-hybridized carbons (Fsp3) is 0.143. The van der Waals surface area contributed by atoms with Crippen molar-refractivity contribution in [1.29, 1.82) is 0 Å². The highest BCUT2D eigenvalue weighted by atomic mass is 16.5. The number of nitrogens with one attached hydrogen (secondary N) is 1. The minimum absolute atomic E-state index is 0.346. The molecule has 3 aromatic rings. The van der Waals surface area contributed by atoms with E-state index in [2.05, 4.69) is 5.32 Å². The lowest BCUT2D eigenvalue weighted by atomic mass is 10.1. The van der Waals surface area contributed by atoms with Crippen molar-refractivity contribution in [2.24, 2.45) is 5.73 Å². The molecule has 0 bridgehead atoms. The molecule has 2 amide bonds. The Morgan fingerprint density at radius 2 is 1.80 bits per heavy atom. The van der Waals surface area contributed by atoms with Crippen LogP contribution in [0.25, 0.3) is 22.1 Å². The van der Waals surface area contributed by atoms with Gasteiger partial charge in [0.1, 0.15) is 17.6 Å². The number of carboxylic acids is 1. The third-order valence-corrected chi connectivity index (χ3v) is 4.22. The molecule has 2 aromatic carbocycles. The van der Waals surface area contributed by atoms with Gasteiger partial charge in [-0.15, -0.1) is 0 Å². The monoisotopic (exact) mass is 410 g/mol. The number of carbonyl (C=O) groups excluding carboxylic acids is 2. The van der Waals surface area contributed by atoms with E-state index in [1.807, 2.05) is 12.1 Å². The van der Waals surface area contributed by atoms with Crippen LogP contribution < -0.4 is 21.4 Å². The molecule has 0 saturated heterocycles. The summed E-state index contributed by atoms with van der Waals surface area (Å²) >= 11 is 0. The smallest absolute Gasteiger partial charge is 0.344 e. The molecule has 9 heteroatoms. The van der Waals surface area contributed by atoms with E-state index in [9.17, 15) is 19.2 Å². The van der Waals surface area contributed by atoms with Crippen LogP contribution in [0.2, 0.25) is 0 Å². The molecule has 0 spiro atoms. The van der Waals surface area contributed by atoms with Gasteiger partial charge < -0.3 is 25.3 Å². The molecule has 1 aromatic heterocycles. The predicted molar refractivity (Wildman–Crippen MR) is 107 cm³/mol. The molecule has 1 atom stereocenters. The lowest BCUT2D eigenvalue weighted by Crippen LogP contribution is -2.45. The molecule has 0 radical (unpaired) electrons. The van der Waals surface area contributed by atoms with E-state index in [1.165, 1.54) is 0 Å². The van der Waals surface area contributed by atoms with Crippen LogP contribution in [0, 0.1) is 0 Å². The Labute approximate surface area is 170 Å². The molecule has 1 heterocycles. The first-order valence-corrected chi connectivity index (χ1v) is 8.90. The summed E-state index contributed by atoms with van der Waals surface area (Å²) in [6.45, 7) is -0.451. The standard InChI is InChI=1S/C21H18N2O7/c22-18(24)10-16(20(26)27)23-19(25)11-29-14-7-5-12(6-8-14)17-9-13-3-1-2-4-15(13)21(28)30-17/h1-9,16H,10-11H2,(H2,22,24)(H,23,25)(H,26,27)/t16-/m0/s1. The number of benzene rings is 2. The van der Waals surface area contributed by atoms with Gasteiger partial charge in [-0.1, -0.05) is 18.2 Å². The number of amides is 2. The fourth-order valence-corrected chi connectivity index (χ4v) is 2.78. The average Bonchev–Trinajstić information content (AvgIpc) is 2.72. The van der Waals surface area contributed by atoms with E-state index < -0.39 is 42.5 Å². The third kappa shape index (κ3) is 5.02. The first kappa shape index (κ1) is 20.6. The zero-order valence-corrected chi connectivity index (χ0v) is 15.7. The highest BCUT2D eigenvalue weighted by molar-refractivity contribution is 5.88. The number of aliphatic carboxylic acids is 1. The number of nitrogens with two attached hydrogens (primary N) is 1. The summed E-state index contributed by atoms with van der Waals surface area (Å²) in [6.07, 6.45) is -0.521. The van der Waals surface area contributed by atoms with Gasteiger partial charge in [0, 0.05) is 5.56 Å². The summed E-state index contributed by atoms with van der Waals surface area (Å²) in [5.41, 5.74) is 5.16. The van der Waals surface area contributed by atoms with E-state index in [0.29, 0.717) is 22.5 Å². The Hall–Kier alpha value is -4.14. The minimum atomic E-state index is -1.42. The van der Waals surface area contributed by atoms with Gasteiger partial charge in [-0.25, -0.2) is 9.59 Å². The second-order valence-electron chi connectivity index (χ2n) is 6.43. The lowest BCUT2D eigenvalue weighted by Gasteiger charge is -2.13. The van der Waals surface area contributed by atoms with E-state index >= 15 is 0 Å². The normalized spacial score (nSPS) is 11.6. The van der Waals surface area contributed by atoms with Crippen molar-refractivity contribution in [2.75, 3.05) is 6.61 Å². The molecule has 4 N–H and O–H groups in total. The summed E-state index contributed by atoms with van der Waals surface area (Å²) in [6, 6.07) is 13.9. The van der Waals surface area contributed by atoms with Crippen LogP contribution in [-0.2, 0) is 14.4 Å². The number of ether oxygens (including phenoxy) is 1. The zero-order chi connectivity index (χ0) is 21.7. The zero-order valence-electron chi connectivity index (χ0n) is 15.7. The van der Waals surface area contributed by atoms with Crippen LogP contribution in [0.3, 0.4) is 0 Å². The number of hydrogen-bond acceptors (Lipinski definition) is 6. The maximum Gasteiger partial charge on any atom is 0.344 e. The van der Waals surface area contributed by atoms with Crippen molar-refractivity contribution >= 4 is 28.6 Å². The van der Waals surface area contributed by atoms with Gasteiger partial charge in [0.05, 0.1) is 11.8 Å². The van der Waals surface area contributed by atoms with Gasteiger partial charge in [0.25, 0.3) is 5.91 Å². The van der Waals surface area contributed by atoms with Gasteiger partial charge >= 0.3 is 11.6 Å². The molecule has 154 valence electrons. The first-order valence-electron chi connectivity index (χ1n) is 8.90. The van der Waals surface area contributed by atoms with Crippen molar-refractivity contribution in [3.8, 4) is 17.1 Å². The summed E-state index contributed by atoms with van der Waals surface area (Å²) in [5, 5.41) is 12.4. The van der Waals surface area contributed by atoms with Crippen LogP contribution in [0.4, 0.5) is 0 Å². The van der Waals surface area contributed by atoms with Crippen LogP contribution >= 0.6 is 0 Å². The Morgan fingerprint density at radius 3 is 2.47 bits per heavy atom. The number of rotatable bonds is 8. The van der Waals surface area contributed by atoms with Gasteiger partial charge in [-0.2, -0.15) is 0 Å². The molecule has 30 heavy (non-hydrogen) atoms. The minimum Gasteiger partial charge on any atom is -0.484 e. The van der Waals surface area contributed by atoms with E-state index in [4.69, 9.17) is 20.0 Å². The van der Waals surface area contributed by atoms with Crippen LogP contribution in [0.15, 0.2) is 63.8 Å². The number of fused-ring (bicyclic) bond motifs is 1. The van der Waals surface area contributed by atoms with Crippen molar-refractivity contribution in [3.05, 3.63) is 65.0 Å². The predicted octanol–water partition coefficient (Wildman–Crippen LogP) is 1.28. The highest BCUT2D eigenvalue weighted by Gasteiger charge is 2.22. The van der Waals surface area contributed by atoms with Crippen LogP contribution in [-0.4, -0.2) is 35.5 Å². The second-order valence-corrected chi connectivity index (χ2v) is 6.43. The van der Waals surface area contributed by atoms with E-state index in [0.717, 1.165) is 5.39 Å². The Kier molecular flexibility index (Phi) is 6.11. The van der Waals surface area contributed by atoms with E-state index in [1.54, 1.807) is 42.5 Å². The number of primary amides is 1.